The summed E-state index contributed by atoms with van der Waals surface area (Å²) < 4.78 is 0. The summed E-state index contributed by atoms with van der Waals surface area (Å²) in [5, 5.41) is 13.9. The van der Waals surface area contributed by atoms with E-state index in [1.807, 2.05) is 0 Å². The van der Waals surface area contributed by atoms with Crippen LogP contribution < -0.4 is 10.6 Å². The molecule has 0 bridgehead atoms. The Morgan fingerprint density at radius 2 is 2.12 bits per heavy atom. The Morgan fingerprint density at radius 3 is 2.62 bits per heavy atom. The van der Waals surface area contributed by atoms with E-state index in [2.05, 4.69) is 10.6 Å². The van der Waals surface area contributed by atoms with E-state index in [0.717, 1.165) is 0 Å². The van der Waals surface area contributed by atoms with Gasteiger partial charge in [0.2, 0.25) is 5.91 Å². The van der Waals surface area contributed by atoms with Crippen molar-refractivity contribution in [2.75, 3.05) is 19.6 Å². The highest BCUT2D eigenvalue weighted by Crippen LogP contribution is 2.15. The number of urea groups is 1. The van der Waals surface area contributed by atoms with E-state index in [-0.39, 0.29) is 31.1 Å². The molecule has 2 rings (SSSR count). The first-order valence-electron chi connectivity index (χ1n) is 5.11. The largest absolute Gasteiger partial charge is 0.481 e. The molecule has 0 aromatic carbocycles. The molecule has 3 amide bonds. The van der Waals surface area contributed by atoms with Crippen LogP contribution in [-0.4, -0.2) is 53.6 Å². The molecular weight excluding hydrogens is 214 g/mol. The predicted molar refractivity (Wildman–Crippen MR) is 52.6 cm³/mol. The van der Waals surface area contributed by atoms with Gasteiger partial charge in [-0.2, -0.15) is 0 Å². The fourth-order valence-corrected chi connectivity index (χ4v) is 1.77. The molecule has 0 spiro atoms. The Balaban J connectivity index is 1.74. The normalized spacial score (nSPS) is 24.9. The Hall–Kier alpha value is -1.79. The van der Waals surface area contributed by atoms with Gasteiger partial charge < -0.3 is 20.6 Å². The van der Waals surface area contributed by atoms with Crippen molar-refractivity contribution < 1.29 is 19.5 Å². The van der Waals surface area contributed by atoms with Gasteiger partial charge in [0.1, 0.15) is 0 Å². The average Bonchev–Trinajstić information content (AvgIpc) is 2.47. The van der Waals surface area contributed by atoms with E-state index in [1.165, 1.54) is 4.90 Å². The number of nitrogens with zero attached hydrogens (tertiary/aromatic N) is 1. The summed E-state index contributed by atoms with van der Waals surface area (Å²) >= 11 is 0. The molecule has 0 radical (unpaired) electrons. The van der Waals surface area contributed by atoms with E-state index in [0.29, 0.717) is 13.0 Å². The van der Waals surface area contributed by atoms with Gasteiger partial charge >= 0.3 is 12.0 Å². The first-order valence-corrected chi connectivity index (χ1v) is 5.11. The SMILES string of the molecule is O=C1CC(NC(=O)N2CC(C(=O)O)C2)CN1. The standard InChI is InChI=1S/C9H13N3O4/c13-7-1-6(2-10-7)11-9(16)12-3-5(4-12)8(14)15/h5-6H,1-4H2,(H,10,13)(H,11,16)(H,14,15). The molecule has 2 fully saturated rings. The second kappa shape index (κ2) is 3.99. The third-order valence-electron chi connectivity index (χ3n) is 2.82. The van der Waals surface area contributed by atoms with Crippen molar-refractivity contribution in [3.05, 3.63) is 0 Å². The van der Waals surface area contributed by atoms with E-state index in [9.17, 15) is 14.4 Å². The molecule has 1 unspecified atom stereocenters. The molecule has 7 heteroatoms. The highest BCUT2D eigenvalue weighted by molar-refractivity contribution is 5.83. The minimum Gasteiger partial charge on any atom is -0.481 e. The number of carboxylic acid groups (broad SMARTS) is 1. The molecular formula is C9H13N3O4. The molecule has 0 aromatic heterocycles. The third-order valence-corrected chi connectivity index (χ3v) is 2.82. The smallest absolute Gasteiger partial charge is 0.317 e. The Morgan fingerprint density at radius 1 is 1.44 bits per heavy atom. The molecule has 2 heterocycles. The number of carbonyl (C=O) groups is 3. The predicted octanol–water partition coefficient (Wildman–Crippen LogP) is -1.40. The van der Waals surface area contributed by atoms with Gasteiger partial charge in [-0.25, -0.2) is 4.79 Å². The summed E-state index contributed by atoms with van der Waals surface area (Å²) in [5.74, 6) is -1.40. The average molecular weight is 227 g/mol. The zero-order chi connectivity index (χ0) is 11.7. The van der Waals surface area contributed by atoms with Crippen LogP contribution in [-0.2, 0) is 9.59 Å². The molecule has 0 aliphatic carbocycles. The van der Waals surface area contributed by atoms with Gasteiger partial charge in [0, 0.05) is 26.1 Å². The zero-order valence-electron chi connectivity index (χ0n) is 8.60. The number of amides is 3. The molecule has 16 heavy (non-hydrogen) atoms. The van der Waals surface area contributed by atoms with Crippen LogP contribution in [0.5, 0.6) is 0 Å². The van der Waals surface area contributed by atoms with Crippen LogP contribution in [0.15, 0.2) is 0 Å². The third kappa shape index (κ3) is 2.07. The minimum atomic E-state index is -0.873. The topological polar surface area (TPSA) is 98.7 Å². The fraction of sp³-hybridized carbons (Fsp3) is 0.667. The summed E-state index contributed by atoms with van der Waals surface area (Å²) in [6.07, 6.45) is 0.294. The molecule has 88 valence electrons. The summed E-state index contributed by atoms with van der Waals surface area (Å²) in [6.45, 7) is 0.936. The zero-order valence-corrected chi connectivity index (χ0v) is 8.60. The van der Waals surface area contributed by atoms with Crippen molar-refractivity contribution in [3.8, 4) is 0 Å². The van der Waals surface area contributed by atoms with Crippen LogP contribution in [0.1, 0.15) is 6.42 Å². The lowest BCUT2D eigenvalue weighted by Crippen LogP contribution is -2.57. The highest BCUT2D eigenvalue weighted by Gasteiger charge is 2.36. The van der Waals surface area contributed by atoms with E-state index in [4.69, 9.17) is 5.11 Å². The van der Waals surface area contributed by atoms with Crippen molar-refractivity contribution in [1.29, 1.82) is 0 Å². The fourth-order valence-electron chi connectivity index (χ4n) is 1.77. The van der Waals surface area contributed by atoms with Crippen LogP contribution >= 0.6 is 0 Å². The summed E-state index contributed by atoms with van der Waals surface area (Å²) in [4.78, 5) is 34.4. The van der Waals surface area contributed by atoms with E-state index >= 15 is 0 Å². The summed E-state index contributed by atoms with van der Waals surface area (Å²) in [6, 6.07) is -0.470. The van der Waals surface area contributed by atoms with Crippen LogP contribution in [0.2, 0.25) is 0 Å². The number of nitrogens with one attached hydrogen (secondary N) is 2. The number of rotatable bonds is 2. The number of carbonyl (C=O) groups excluding carboxylic acids is 2. The van der Waals surface area contributed by atoms with Crippen molar-refractivity contribution >= 4 is 17.9 Å². The Kier molecular flexibility index (Phi) is 2.67. The number of hydrogen-bond donors (Lipinski definition) is 3. The minimum absolute atomic E-state index is 0.0719. The van der Waals surface area contributed by atoms with Crippen molar-refractivity contribution in [1.82, 2.24) is 15.5 Å². The maximum absolute atomic E-state index is 11.5. The lowest BCUT2D eigenvalue weighted by molar-refractivity contribution is -0.146. The van der Waals surface area contributed by atoms with Crippen molar-refractivity contribution in [2.24, 2.45) is 5.92 Å². The Bertz CT molecular complexity index is 338. The van der Waals surface area contributed by atoms with E-state index < -0.39 is 11.9 Å². The van der Waals surface area contributed by atoms with Gasteiger partial charge in [0.05, 0.1) is 12.0 Å². The Labute approximate surface area is 91.8 Å². The lowest BCUT2D eigenvalue weighted by Gasteiger charge is -2.37. The molecule has 1 atom stereocenters. The van der Waals surface area contributed by atoms with Crippen LogP contribution in [0.4, 0.5) is 4.79 Å². The maximum atomic E-state index is 11.5. The number of likely N-dealkylation sites (tertiary alicyclic amines) is 1. The first kappa shape index (κ1) is 10.7. The molecule has 0 saturated carbocycles. The van der Waals surface area contributed by atoms with Gasteiger partial charge in [0.25, 0.3) is 0 Å². The molecule has 2 aliphatic heterocycles. The number of aliphatic carboxylic acids is 1. The van der Waals surface area contributed by atoms with Crippen LogP contribution in [0, 0.1) is 5.92 Å². The highest BCUT2D eigenvalue weighted by atomic mass is 16.4. The second-order valence-electron chi connectivity index (χ2n) is 4.09. The van der Waals surface area contributed by atoms with Crippen molar-refractivity contribution in [3.63, 3.8) is 0 Å². The number of hydrogen-bond acceptors (Lipinski definition) is 3. The molecule has 0 aromatic rings. The van der Waals surface area contributed by atoms with Gasteiger partial charge in [0.15, 0.2) is 0 Å². The molecule has 2 aliphatic rings. The second-order valence-corrected chi connectivity index (χ2v) is 4.09. The van der Waals surface area contributed by atoms with Gasteiger partial charge in [-0.15, -0.1) is 0 Å². The first-order chi connectivity index (χ1) is 7.56. The summed E-state index contributed by atoms with van der Waals surface area (Å²) in [7, 11) is 0. The van der Waals surface area contributed by atoms with Gasteiger partial charge in [-0.3, -0.25) is 9.59 Å². The lowest BCUT2D eigenvalue weighted by atomic mass is 10.0. The molecule has 2 saturated heterocycles. The molecule has 3 N–H and O–H groups in total. The monoisotopic (exact) mass is 227 g/mol. The summed E-state index contributed by atoms with van der Waals surface area (Å²) in [5.41, 5.74) is 0. The van der Waals surface area contributed by atoms with Crippen molar-refractivity contribution in [2.45, 2.75) is 12.5 Å². The molecule has 7 nitrogen and oxygen atoms in total. The van der Waals surface area contributed by atoms with Gasteiger partial charge in [-0.1, -0.05) is 0 Å². The van der Waals surface area contributed by atoms with Crippen LogP contribution in [0.25, 0.3) is 0 Å². The van der Waals surface area contributed by atoms with Crippen LogP contribution in [0.3, 0.4) is 0 Å². The quantitative estimate of drug-likeness (QED) is 0.540. The van der Waals surface area contributed by atoms with E-state index in [1.54, 1.807) is 0 Å². The number of carboxylic acids is 1. The maximum Gasteiger partial charge on any atom is 0.317 e. The van der Waals surface area contributed by atoms with Gasteiger partial charge in [-0.05, 0) is 0 Å².